The normalized spacial score (nSPS) is 18.1. The Kier molecular flexibility index (Phi) is 6.23. The van der Waals surface area contributed by atoms with E-state index in [0.717, 1.165) is 39.3 Å². The number of rotatable bonds is 6. The molecule has 0 radical (unpaired) electrons. The molecule has 19 heavy (non-hydrogen) atoms. The van der Waals surface area contributed by atoms with Crippen LogP contribution in [0.15, 0.2) is 0 Å². The molecule has 1 aliphatic rings. The number of hydrogen-bond donors (Lipinski definition) is 1. The fraction of sp³-hybridized carbons (Fsp3) is 0.929. The lowest BCUT2D eigenvalue weighted by Crippen LogP contribution is -2.59. The van der Waals surface area contributed by atoms with Crippen LogP contribution in [0.5, 0.6) is 0 Å². The highest BCUT2D eigenvalue weighted by Gasteiger charge is 2.35. The zero-order valence-corrected chi connectivity index (χ0v) is 13.0. The van der Waals surface area contributed by atoms with Crippen molar-refractivity contribution in [3.8, 4) is 0 Å². The van der Waals surface area contributed by atoms with Crippen LogP contribution >= 0.6 is 0 Å². The van der Waals surface area contributed by atoms with Crippen molar-refractivity contribution < 1.29 is 4.79 Å². The van der Waals surface area contributed by atoms with Gasteiger partial charge in [-0.15, -0.1) is 0 Å². The molecular formula is C14H30N4O. The Hall–Kier alpha value is -0.650. The summed E-state index contributed by atoms with van der Waals surface area (Å²) in [5.41, 5.74) is 5.53. The van der Waals surface area contributed by atoms with Crippen LogP contribution < -0.4 is 5.73 Å². The van der Waals surface area contributed by atoms with Gasteiger partial charge in [0, 0.05) is 39.3 Å². The number of likely N-dealkylation sites (N-methyl/N-ethyl adjacent to an activating group) is 1. The van der Waals surface area contributed by atoms with Crippen molar-refractivity contribution >= 4 is 5.91 Å². The minimum absolute atomic E-state index is 0.129. The lowest BCUT2D eigenvalue weighted by atomic mass is 9.92. The Balaban J connectivity index is 2.43. The average molecular weight is 270 g/mol. The van der Waals surface area contributed by atoms with E-state index in [4.69, 9.17) is 5.73 Å². The number of hydrogen-bond acceptors (Lipinski definition) is 4. The smallest absolute Gasteiger partial charge is 0.242 e. The number of nitrogens with two attached hydrogens (primary N) is 1. The van der Waals surface area contributed by atoms with Gasteiger partial charge in [0.15, 0.2) is 0 Å². The zero-order chi connectivity index (χ0) is 14.5. The number of piperazine rings is 1. The second-order valence-electron chi connectivity index (χ2n) is 5.80. The molecule has 0 aromatic rings. The van der Waals surface area contributed by atoms with E-state index in [-0.39, 0.29) is 5.91 Å². The first-order valence-electron chi connectivity index (χ1n) is 7.38. The van der Waals surface area contributed by atoms with Gasteiger partial charge in [0.25, 0.3) is 0 Å². The molecule has 112 valence electrons. The molecule has 5 heteroatoms. The third-order valence-electron chi connectivity index (χ3n) is 4.21. The predicted octanol–water partition coefficient (Wildman–Crippen LogP) is 0.210. The number of carbonyl (C=O) groups is 1. The summed E-state index contributed by atoms with van der Waals surface area (Å²) in [6, 6.07) is 0. The van der Waals surface area contributed by atoms with Gasteiger partial charge >= 0.3 is 0 Å². The van der Waals surface area contributed by atoms with Crippen LogP contribution in [0, 0.1) is 0 Å². The minimum Gasteiger partial charge on any atom is -0.339 e. The molecule has 1 fully saturated rings. The third kappa shape index (κ3) is 4.44. The van der Waals surface area contributed by atoms with Crippen LogP contribution in [-0.4, -0.2) is 79.5 Å². The molecule has 1 saturated heterocycles. The molecule has 1 heterocycles. The molecule has 5 nitrogen and oxygen atoms in total. The monoisotopic (exact) mass is 270 g/mol. The third-order valence-corrected chi connectivity index (χ3v) is 4.21. The highest BCUT2D eigenvalue weighted by atomic mass is 16.2. The first kappa shape index (κ1) is 16.4. The standard InChI is InChI=1S/C14H30N4O/c1-5-14(15,6-2)13(19)18-11-9-17(10-12-18)8-7-16(3)4/h5-12,15H2,1-4H3. The van der Waals surface area contributed by atoms with Crippen LogP contribution in [0.2, 0.25) is 0 Å². The molecule has 0 atom stereocenters. The van der Waals surface area contributed by atoms with Gasteiger partial charge in [0.2, 0.25) is 5.91 Å². The summed E-state index contributed by atoms with van der Waals surface area (Å²) in [5, 5.41) is 0. The maximum Gasteiger partial charge on any atom is 0.242 e. The fourth-order valence-corrected chi connectivity index (χ4v) is 2.38. The molecule has 0 saturated carbocycles. The molecule has 1 amide bonds. The first-order chi connectivity index (χ1) is 8.92. The van der Waals surface area contributed by atoms with Crippen LogP contribution in [-0.2, 0) is 4.79 Å². The topological polar surface area (TPSA) is 52.8 Å². The van der Waals surface area contributed by atoms with E-state index in [1.807, 2.05) is 18.7 Å². The highest BCUT2D eigenvalue weighted by Crippen LogP contribution is 2.16. The minimum atomic E-state index is -0.661. The second kappa shape index (κ2) is 7.22. The van der Waals surface area contributed by atoms with Gasteiger partial charge in [-0.2, -0.15) is 0 Å². The van der Waals surface area contributed by atoms with Crippen LogP contribution in [0.25, 0.3) is 0 Å². The molecule has 0 aliphatic carbocycles. The van der Waals surface area contributed by atoms with Gasteiger partial charge in [-0.05, 0) is 26.9 Å². The summed E-state index contributed by atoms with van der Waals surface area (Å²) in [6.07, 6.45) is 1.42. The van der Waals surface area contributed by atoms with Crippen LogP contribution in [0.4, 0.5) is 0 Å². The lowest BCUT2D eigenvalue weighted by Gasteiger charge is -2.39. The fourth-order valence-electron chi connectivity index (χ4n) is 2.38. The predicted molar refractivity (Wildman–Crippen MR) is 79.1 cm³/mol. The highest BCUT2D eigenvalue weighted by molar-refractivity contribution is 5.86. The second-order valence-corrected chi connectivity index (χ2v) is 5.80. The van der Waals surface area contributed by atoms with Gasteiger partial charge in [0.1, 0.15) is 0 Å². The van der Waals surface area contributed by atoms with Crippen molar-refractivity contribution in [1.82, 2.24) is 14.7 Å². The van der Waals surface area contributed by atoms with Crippen molar-refractivity contribution in [1.29, 1.82) is 0 Å². The van der Waals surface area contributed by atoms with Gasteiger partial charge in [0.05, 0.1) is 5.54 Å². The van der Waals surface area contributed by atoms with Crippen molar-refractivity contribution in [3.05, 3.63) is 0 Å². The molecule has 0 spiro atoms. The molecule has 2 N–H and O–H groups in total. The van der Waals surface area contributed by atoms with E-state index in [1.54, 1.807) is 0 Å². The molecule has 1 rings (SSSR count). The van der Waals surface area contributed by atoms with Crippen molar-refractivity contribution in [2.75, 3.05) is 53.4 Å². The SMILES string of the molecule is CCC(N)(CC)C(=O)N1CCN(CCN(C)C)CC1. The van der Waals surface area contributed by atoms with Gasteiger partial charge in [-0.1, -0.05) is 13.8 Å². The Morgan fingerprint density at radius 2 is 1.68 bits per heavy atom. The maximum absolute atomic E-state index is 12.4. The quantitative estimate of drug-likeness (QED) is 0.750. The van der Waals surface area contributed by atoms with Crippen molar-refractivity contribution in [3.63, 3.8) is 0 Å². The van der Waals surface area contributed by atoms with Gasteiger partial charge in [-0.25, -0.2) is 0 Å². The Morgan fingerprint density at radius 1 is 1.16 bits per heavy atom. The summed E-state index contributed by atoms with van der Waals surface area (Å²) in [5.74, 6) is 0.129. The van der Waals surface area contributed by atoms with E-state index in [2.05, 4.69) is 23.9 Å². The van der Waals surface area contributed by atoms with Crippen LogP contribution in [0.1, 0.15) is 26.7 Å². The Morgan fingerprint density at radius 3 is 2.11 bits per heavy atom. The molecule has 0 aromatic heterocycles. The molecular weight excluding hydrogens is 240 g/mol. The van der Waals surface area contributed by atoms with E-state index in [0.29, 0.717) is 12.8 Å². The largest absolute Gasteiger partial charge is 0.339 e. The molecule has 0 unspecified atom stereocenters. The number of carbonyl (C=O) groups excluding carboxylic acids is 1. The summed E-state index contributed by atoms with van der Waals surface area (Å²) in [7, 11) is 4.18. The maximum atomic E-state index is 12.4. The summed E-state index contributed by atoms with van der Waals surface area (Å²) in [6.45, 7) is 9.68. The summed E-state index contributed by atoms with van der Waals surface area (Å²) >= 11 is 0. The molecule has 1 aliphatic heterocycles. The summed E-state index contributed by atoms with van der Waals surface area (Å²) in [4.78, 5) is 19.0. The molecule has 0 aromatic carbocycles. The van der Waals surface area contributed by atoms with Crippen molar-refractivity contribution in [2.24, 2.45) is 5.73 Å². The van der Waals surface area contributed by atoms with Crippen molar-refractivity contribution in [2.45, 2.75) is 32.2 Å². The Labute approximate surface area is 117 Å². The zero-order valence-electron chi connectivity index (χ0n) is 13.0. The van der Waals surface area contributed by atoms with E-state index in [1.165, 1.54) is 0 Å². The average Bonchev–Trinajstić information content (AvgIpc) is 2.44. The summed E-state index contributed by atoms with van der Waals surface area (Å²) < 4.78 is 0. The molecule has 0 bridgehead atoms. The van der Waals surface area contributed by atoms with E-state index < -0.39 is 5.54 Å². The lowest BCUT2D eigenvalue weighted by molar-refractivity contribution is -0.139. The van der Waals surface area contributed by atoms with E-state index in [9.17, 15) is 4.79 Å². The van der Waals surface area contributed by atoms with Crippen LogP contribution in [0.3, 0.4) is 0 Å². The van der Waals surface area contributed by atoms with Gasteiger partial charge < -0.3 is 15.5 Å². The number of amides is 1. The van der Waals surface area contributed by atoms with E-state index >= 15 is 0 Å². The number of nitrogens with zero attached hydrogens (tertiary/aromatic N) is 3. The van der Waals surface area contributed by atoms with Gasteiger partial charge in [-0.3, -0.25) is 9.69 Å². The first-order valence-corrected chi connectivity index (χ1v) is 7.38. The Bertz CT molecular complexity index is 281.